The van der Waals surface area contributed by atoms with Gasteiger partial charge in [-0.3, -0.25) is 4.68 Å². The van der Waals surface area contributed by atoms with E-state index in [1.165, 1.54) is 6.42 Å². The molecule has 1 heterocycles. The lowest BCUT2D eigenvalue weighted by atomic mass is 9.75. The highest BCUT2D eigenvalue weighted by atomic mass is 16.3. The van der Waals surface area contributed by atoms with Gasteiger partial charge in [-0.05, 0) is 31.6 Å². The molecule has 1 aromatic heterocycles. The van der Waals surface area contributed by atoms with Crippen molar-refractivity contribution in [3.63, 3.8) is 0 Å². The SMILES string of the molecule is CCC1CCC(O)(c2cnn(C)c2)CC1. The van der Waals surface area contributed by atoms with Crippen LogP contribution in [-0.4, -0.2) is 14.9 Å². The predicted molar refractivity (Wildman–Crippen MR) is 59.4 cm³/mol. The molecule has 1 aliphatic carbocycles. The summed E-state index contributed by atoms with van der Waals surface area (Å²) in [6, 6.07) is 0. The normalized spacial score (nSPS) is 31.8. The number of hydrogen-bond donors (Lipinski definition) is 1. The van der Waals surface area contributed by atoms with Crippen molar-refractivity contribution >= 4 is 0 Å². The molecule has 1 aliphatic rings. The van der Waals surface area contributed by atoms with Gasteiger partial charge < -0.3 is 5.11 Å². The third kappa shape index (κ3) is 2.07. The number of rotatable bonds is 2. The molecule has 0 atom stereocenters. The molecule has 0 aliphatic heterocycles. The van der Waals surface area contributed by atoms with Gasteiger partial charge >= 0.3 is 0 Å². The van der Waals surface area contributed by atoms with Gasteiger partial charge in [-0.15, -0.1) is 0 Å². The Labute approximate surface area is 91.1 Å². The van der Waals surface area contributed by atoms with Crippen LogP contribution in [0.1, 0.15) is 44.6 Å². The second-order valence-electron chi connectivity index (χ2n) is 4.79. The summed E-state index contributed by atoms with van der Waals surface area (Å²) in [5.41, 5.74) is 0.375. The Kier molecular flexibility index (Phi) is 2.83. The smallest absolute Gasteiger partial charge is 0.0927 e. The first-order valence-electron chi connectivity index (χ1n) is 5.85. The molecule has 0 radical (unpaired) electrons. The Morgan fingerprint density at radius 3 is 2.67 bits per heavy atom. The second kappa shape index (κ2) is 3.97. The van der Waals surface area contributed by atoms with E-state index >= 15 is 0 Å². The molecule has 0 saturated heterocycles. The Balaban J connectivity index is 2.09. The van der Waals surface area contributed by atoms with Crippen LogP contribution in [0.3, 0.4) is 0 Å². The van der Waals surface area contributed by atoms with Crippen molar-refractivity contribution in [1.82, 2.24) is 9.78 Å². The van der Waals surface area contributed by atoms with E-state index in [-0.39, 0.29) is 0 Å². The molecule has 1 saturated carbocycles. The molecule has 15 heavy (non-hydrogen) atoms. The lowest BCUT2D eigenvalue weighted by Gasteiger charge is -2.35. The average molecular weight is 208 g/mol. The van der Waals surface area contributed by atoms with Gasteiger partial charge in [-0.2, -0.15) is 5.10 Å². The molecule has 3 heteroatoms. The van der Waals surface area contributed by atoms with Crippen LogP contribution < -0.4 is 0 Å². The molecule has 1 aromatic rings. The number of aryl methyl sites for hydroxylation is 1. The van der Waals surface area contributed by atoms with Crippen molar-refractivity contribution in [2.45, 2.75) is 44.6 Å². The minimum absolute atomic E-state index is 0.611. The molecule has 84 valence electrons. The highest BCUT2D eigenvalue weighted by Crippen LogP contribution is 2.40. The third-order valence-corrected chi connectivity index (χ3v) is 3.75. The standard InChI is InChI=1S/C12H20N2O/c1-3-10-4-6-12(15,7-5-10)11-8-13-14(2)9-11/h8-10,15H,3-7H2,1-2H3. The van der Waals surface area contributed by atoms with Gasteiger partial charge in [0.2, 0.25) is 0 Å². The maximum atomic E-state index is 10.5. The van der Waals surface area contributed by atoms with Crippen LogP contribution in [0.2, 0.25) is 0 Å². The minimum Gasteiger partial charge on any atom is -0.385 e. The maximum absolute atomic E-state index is 10.5. The highest BCUT2D eigenvalue weighted by Gasteiger charge is 2.35. The molecule has 0 aromatic carbocycles. The zero-order valence-electron chi connectivity index (χ0n) is 9.61. The Morgan fingerprint density at radius 2 is 2.20 bits per heavy atom. The molecule has 1 N–H and O–H groups in total. The third-order valence-electron chi connectivity index (χ3n) is 3.75. The van der Waals surface area contributed by atoms with Crippen molar-refractivity contribution < 1.29 is 5.11 Å². The molecule has 0 spiro atoms. The van der Waals surface area contributed by atoms with E-state index in [2.05, 4.69) is 12.0 Å². The molecular formula is C12H20N2O. The first-order chi connectivity index (χ1) is 7.14. The van der Waals surface area contributed by atoms with E-state index in [0.29, 0.717) is 0 Å². The van der Waals surface area contributed by atoms with E-state index in [1.807, 2.05) is 13.2 Å². The first-order valence-corrected chi connectivity index (χ1v) is 5.85. The summed E-state index contributed by atoms with van der Waals surface area (Å²) in [4.78, 5) is 0. The number of aliphatic hydroxyl groups is 1. The first kappa shape index (κ1) is 10.7. The van der Waals surface area contributed by atoms with E-state index in [0.717, 1.165) is 37.2 Å². The average Bonchev–Trinajstić information content (AvgIpc) is 2.67. The maximum Gasteiger partial charge on any atom is 0.0927 e. The molecule has 0 amide bonds. The molecule has 0 bridgehead atoms. The van der Waals surface area contributed by atoms with E-state index < -0.39 is 5.60 Å². The van der Waals surface area contributed by atoms with E-state index in [4.69, 9.17) is 0 Å². The number of nitrogens with zero attached hydrogens (tertiary/aromatic N) is 2. The van der Waals surface area contributed by atoms with E-state index in [1.54, 1.807) is 10.9 Å². The van der Waals surface area contributed by atoms with Crippen LogP contribution in [0.4, 0.5) is 0 Å². The van der Waals surface area contributed by atoms with Crippen LogP contribution in [0.25, 0.3) is 0 Å². The zero-order valence-corrected chi connectivity index (χ0v) is 9.61. The van der Waals surface area contributed by atoms with Gasteiger partial charge in [-0.1, -0.05) is 13.3 Å². The van der Waals surface area contributed by atoms with Gasteiger partial charge in [0, 0.05) is 18.8 Å². The van der Waals surface area contributed by atoms with E-state index in [9.17, 15) is 5.11 Å². The molecular weight excluding hydrogens is 188 g/mol. The summed E-state index contributed by atoms with van der Waals surface area (Å²) in [7, 11) is 1.89. The summed E-state index contributed by atoms with van der Waals surface area (Å²) >= 11 is 0. The van der Waals surface area contributed by atoms with Gasteiger partial charge in [0.05, 0.1) is 11.8 Å². The van der Waals surface area contributed by atoms with Crippen LogP contribution in [0.5, 0.6) is 0 Å². The van der Waals surface area contributed by atoms with Crippen molar-refractivity contribution in [2.75, 3.05) is 0 Å². The molecule has 0 unspecified atom stereocenters. The molecule has 1 fully saturated rings. The lowest BCUT2D eigenvalue weighted by molar-refractivity contribution is -0.0146. The predicted octanol–water partition coefficient (Wildman–Crippen LogP) is 2.21. The van der Waals surface area contributed by atoms with Crippen LogP contribution in [0.15, 0.2) is 12.4 Å². The second-order valence-corrected chi connectivity index (χ2v) is 4.79. The van der Waals surface area contributed by atoms with Crippen molar-refractivity contribution in [3.05, 3.63) is 18.0 Å². The molecule has 2 rings (SSSR count). The quantitative estimate of drug-likeness (QED) is 0.809. The topological polar surface area (TPSA) is 38.1 Å². The number of hydrogen-bond acceptors (Lipinski definition) is 2. The highest BCUT2D eigenvalue weighted by molar-refractivity contribution is 5.16. The van der Waals surface area contributed by atoms with Crippen LogP contribution in [0, 0.1) is 5.92 Å². The summed E-state index contributed by atoms with van der Waals surface area (Å²) < 4.78 is 1.76. The fraction of sp³-hybridized carbons (Fsp3) is 0.750. The van der Waals surface area contributed by atoms with Crippen LogP contribution in [-0.2, 0) is 12.6 Å². The molecule has 3 nitrogen and oxygen atoms in total. The van der Waals surface area contributed by atoms with Gasteiger partial charge in [-0.25, -0.2) is 0 Å². The number of aromatic nitrogens is 2. The fourth-order valence-corrected chi connectivity index (χ4v) is 2.51. The largest absolute Gasteiger partial charge is 0.385 e. The van der Waals surface area contributed by atoms with Gasteiger partial charge in [0.25, 0.3) is 0 Å². The monoisotopic (exact) mass is 208 g/mol. The summed E-state index contributed by atoms with van der Waals surface area (Å²) in [5.74, 6) is 0.807. The summed E-state index contributed by atoms with van der Waals surface area (Å²) in [5, 5.41) is 14.6. The Hall–Kier alpha value is -0.830. The van der Waals surface area contributed by atoms with Crippen molar-refractivity contribution in [1.29, 1.82) is 0 Å². The van der Waals surface area contributed by atoms with Gasteiger partial charge in [0.15, 0.2) is 0 Å². The summed E-state index contributed by atoms with van der Waals surface area (Å²) in [6.07, 6.45) is 9.03. The van der Waals surface area contributed by atoms with Crippen LogP contribution >= 0.6 is 0 Å². The van der Waals surface area contributed by atoms with Crippen molar-refractivity contribution in [2.24, 2.45) is 13.0 Å². The van der Waals surface area contributed by atoms with Gasteiger partial charge in [0.1, 0.15) is 0 Å². The Bertz CT molecular complexity index is 324. The lowest BCUT2D eigenvalue weighted by Crippen LogP contribution is -2.31. The fourth-order valence-electron chi connectivity index (χ4n) is 2.51. The minimum atomic E-state index is -0.611. The Morgan fingerprint density at radius 1 is 1.53 bits per heavy atom. The zero-order chi connectivity index (χ0) is 10.9. The summed E-state index contributed by atoms with van der Waals surface area (Å²) in [6.45, 7) is 2.24. The van der Waals surface area contributed by atoms with Crippen molar-refractivity contribution in [3.8, 4) is 0 Å².